The second-order valence-electron chi connectivity index (χ2n) is 6.45. The first-order chi connectivity index (χ1) is 13.0. The van der Waals surface area contributed by atoms with Crippen molar-refractivity contribution in [3.8, 4) is 0 Å². The lowest BCUT2D eigenvalue weighted by Crippen LogP contribution is -2.49. The van der Waals surface area contributed by atoms with Crippen molar-refractivity contribution >= 4 is 17.6 Å². The predicted octanol–water partition coefficient (Wildman–Crippen LogP) is 2.61. The minimum Gasteiger partial charge on any atom is -0.334 e. The smallest absolute Gasteiger partial charge is 0.333 e. The number of hydrazine groups is 1. The molecule has 0 bridgehead atoms. The molecule has 2 aromatic heterocycles. The number of aryl methyl sites for hydroxylation is 2. The standard InChI is InChI=1S/C20H23N5O2/c1-14(11-12-16-8-4-3-5-9-16)21-20(27)24-23-19(26)18-15(2)22-17-10-6-7-13-25(17)18/h3-10,13-14H,11-12H2,1-2H3,(H,23,26)(H2,21,24,27). The van der Waals surface area contributed by atoms with Gasteiger partial charge >= 0.3 is 6.03 Å². The monoisotopic (exact) mass is 365 g/mol. The fourth-order valence-corrected chi connectivity index (χ4v) is 2.92. The number of hydrogen-bond acceptors (Lipinski definition) is 3. The molecule has 1 aromatic carbocycles. The van der Waals surface area contributed by atoms with Crippen LogP contribution in [0.4, 0.5) is 4.79 Å². The molecule has 3 aromatic rings. The zero-order valence-electron chi connectivity index (χ0n) is 15.4. The van der Waals surface area contributed by atoms with Crippen molar-refractivity contribution < 1.29 is 9.59 Å². The van der Waals surface area contributed by atoms with Gasteiger partial charge in [-0.3, -0.25) is 14.6 Å². The lowest BCUT2D eigenvalue weighted by Gasteiger charge is -2.15. The Labute approximate surface area is 157 Å². The van der Waals surface area contributed by atoms with Crippen LogP contribution in [0.2, 0.25) is 0 Å². The van der Waals surface area contributed by atoms with Gasteiger partial charge in [0.15, 0.2) is 0 Å². The van der Waals surface area contributed by atoms with E-state index in [9.17, 15) is 9.59 Å². The summed E-state index contributed by atoms with van der Waals surface area (Å²) < 4.78 is 1.69. The van der Waals surface area contributed by atoms with Crippen LogP contribution in [0, 0.1) is 6.92 Å². The minimum absolute atomic E-state index is 0.0281. The van der Waals surface area contributed by atoms with Crippen molar-refractivity contribution in [3.05, 3.63) is 71.7 Å². The number of nitrogens with zero attached hydrogens (tertiary/aromatic N) is 2. The number of urea groups is 1. The summed E-state index contributed by atoms with van der Waals surface area (Å²) in [6.45, 7) is 3.69. The Hall–Kier alpha value is -3.35. The number of carbonyl (C=O) groups excluding carboxylic acids is 2. The lowest BCUT2D eigenvalue weighted by atomic mass is 10.1. The van der Waals surface area contributed by atoms with Crippen molar-refractivity contribution in [3.63, 3.8) is 0 Å². The normalized spacial score (nSPS) is 11.8. The predicted molar refractivity (Wildman–Crippen MR) is 103 cm³/mol. The Balaban J connectivity index is 1.49. The highest BCUT2D eigenvalue weighted by atomic mass is 16.2. The first-order valence-corrected chi connectivity index (χ1v) is 8.89. The van der Waals surface area contributed by atoms with Crippen molar-refractivity contribution in [1.29, 1.82) is 0 Å². The van der Waals surface area contributed by atoms with Gasteiger partial charge in [0.1, 0.15) is 11.3 Å². The molecule has 0 saturated carbocycles. The number of pyridine rings is 1. The van der Waals surface area contributed by atoms with Crippen LogP contribution in [0.25, 0.3) is 5.65 Å². The third-order valence-corrected chi connectivity index (χ3v) is 4.30. The number of nitrogens with one attached hydrogen (secondary N) is 3. The van der Waals surface area contributed by atoms with Crippen LogP contribution in [0.5, 0.6) is 0 Å². The first kappa shape index (κ1) is 18.4. The number of rotatable bonds is 5. The summed E-state index contributed by atoms with van der Waals surface area (Å²) in [5, 5.41) is 2.82. The molecule has 7 heteroatoms. The summed E-state index contributed by atoms with van der Waals surface area (Å²) in [5.74, 6) is -0.418. The third kappa shape index (κ3) is 4.63. The van der Waals surface area contributed by atoms with Crippen LogP contribution >= 0.6 is 0 Å². The van der Waals surface area contributed by atoms with Crippen LogP contribution in [0.15, 0.2) is 54.7 Å². The molecule has 1 unspecified atom stereocenters. The maximum atomic E-state index is 12.4. The lowest BCUT2D eigenvalue weighted by molar-refractivity contribution is 0.0929. The highest BCUT2D eigenvalue weighted by molar-refractivity contribution is 5.95. The zero-order valence-corrected chi connectivity index (χ0v) is 15.4. The number of amides is 3. The maximum absolute atomic E-state index is 12.4. The van der Waals surface area contributed by atoms with Gasteiger partial charge in [0.2, 0.25) is 0 Å². The minimum atomic E-state index is -0.449. The molecule has 3 amide bonds. The van der Waals surface area contributed by atoms with E-state index in [1.165, 1.54) is 5.56 Å². The van der Waals surface area contributed by atoms with Gasteiger partial charge in [-0.25, -0.2) is 15.2 Å². The van der Waals surface area contributed by atoms with E-state index in [-0.39, 0.29) is 6.04 Å². The summed E-state index contributed by atoms with van der Waals surface area (Å²) in [6, 6.07) is 15.1. The van der Waals surface area contributed by atoms with Crippen LogP contribution in [0.3, 0.4) is 0 Å². The molecule has 0 saturated heterocycles. The Bertz CT molecular complexity index is 936. The summed E-state index contributed by atoms with van der Waals surface area (Å²) in [6.07, 6.45) is 3.43. The molecule has 7 nitrogen and oxygen atoms in total. The highest BCUT2D eigenvalue weighted by Crippen LogP contribution is 2.11. The largest absolute Gasteiger partial charge is 0.334 e. The molecule has 0 radical (unpaired) electrons. The molecule has 1 atom stereocenters. The number of hydrogen-bond donors (Lipinski definition) is 3. The SMILES string of the molecule is Cc1nc2ccccn2c1C(=O)NNC(=O)NC(C)CCc1ccccc1. The zero-order chi connectivity index (χ0) is 19.2. The highest BCUT2D eigenvalue weighted by Gasteiger charge is 2.17. The Morgan fingerprint density at radius 1 is 1.07 bits per heavy atom. The van der Waals surface area contributed by atoms with Crippen molar-refractivity contribution in [1.82, 2.24) is 25.6 Å². The van der Waals surface area contributed by atoms with Crippen LogP contribution < -0.4 is 16.2 Å². The van der Waals surface area contributed by atoms with E-state index in [4.69, 9.17) is 0 Å². The van der Waals surface area contributed by atoms with E-state index < -0.39 is 11.9 Å². The summed E-state index contributed by atoms with van der Waals surface area (Å²) in [4.78, 5) is 28.8. The van der Waals surface area contributed by atoms with Crippen molar-refractivity contribution in [2.45, 2.75) is 32.7 Å². The summed E-state index contributed by atoms with van der Waals surface area (Å²) in [7, 11) is 0. The number of aromatic nitrogens is 2. The number of benzene rings is 1. The summed E-state index contributed by atoms with van der Waals surface area (Å²) in [5.41, 5.74) is 7.73. The Morgan fingerprint density at radius 3 is 2.59 bits per heavy atom. The Kier molecular flexibility index (Phi) is 5.71. The molecule has 0 aliphatic carbocycles. The molecule has 0 fully saturated rings. The van der Waals surface area contributed by atoms with Gasteiger partial charge in [-0.2, -0.15) is 0 Å². The average Bonchev–Trinajstić information content (AvgIpc) is 3.01. The third-order valence-electron chi connectivity index (χ3n) is 4.30. The first-order valence-electron chi connectivity index (χ1n) is 8.89. The van der Waals surface area contributed by atoms with Gasteiger partial charge in [0, 0.05) is 12.2 Å². The molecular weight excluding hydrogens is 342 g/mol. The van der Waals surface area contributed by atoms with Crippen molar-refractivity contribution in [2.24, 2.45) is 0 Å². The van der Waals surface area contributed by atoms with E-state index in [0.29, 0.717) is 17.0 Å². The van der Waals surface area contributed by atoms with Gasteiger partial charge in [-0.05, 0) is 44.4 Å². The molecule has 27 heavy (non-hydrogen) atoms. The molecule has 3 N–H and O–H groups in total. The van der Waals surface area contributed by atoms with Gasteiger partial charge in [0.05, 0.1) is 5.69 Å². The second-order valence-corrected chi connectivity index (χ2v) is 6.45. The maximum Gasteiger partial charge on any atom is 0.333 e. The number of fused-ring (bicyclic) bond motifs is 1. The van der Waals surface area contributed by atoms with E-state index >= 15 is 0 Å². The van der Waals surface area contributed by atoms with E-state index in [1.807, 2.05) is 43.3 Å². The topological polar surface area (TPSA) is 87.5 Å². The van der Waals surface area contributed by atoms with Gasteiger partial charge < -0.3 is 5.32 Å². The molecule has 3 rings (SSSR count). The molecule has 2 heterocycles. The van der Waals surface area contributed by atoms with Gasteiger partial charge in [-0.15, -0.1) is 0 Å². The molecular formula is C20H23N5O2. The van der Waals surface area contributed by atoms with Gasteiger partial charge in [-0.1, -0.05) is 36.4 Å². The number of carbonyl (C=O) groups is 2. The Morgan fingerprint density at radius 2 is 1.81 bits per heavy atom. The molecule has 0 spiro atoms. The van der Waals surface area contributed by atoms with Crippen LogP contribution in [-0.4, -0.2) is 27.4 Å². The second kappa shape index (κ2) is 8.35. The van der Waals surface area contributed by atoms with E-state index in [0.717, 1.165) is 12.8 Å². The number of imidazole rings is 1. The fraction of sp³-hybridized carbons (Fsp3) is 0.250. The quantitative estimate of drug-likeness (QED) is 0.608. The van der Waals surface area contributed by atoms with Crippen LogP contribution in [-0.2, 0) is 6.42 Å². The van der Waals surface area contributed by atoms with Crippen LogP contribution in [0.1, 0.15) is 35.1 Å². The summed E-state index contributed by atoms with van der Waals surface area (Å²) >= 11 is 0. The molecule has 0 aliphatic heterocycles. The van der Waals surface area contributed by atoms with E-state index in [2.05, 4.69) is 33.3 Å². The van der Waals surface area contributed by atoms with Gasteiger partial charge in [0.25, 0.3) is 5.91 Å². The fourth-order valence-electron chi connectivity index (χ4n) is 2.92. The molecule has 140 valence electrons. The van der Waals surface area contributed by atoms with Crippen molar-refractivity contribution in [2.75, 3.05) is 0 Å². The molecule has 0 aliphatic rings. The van der Waals surface area contributed by atoms with E-state index in [1.54, 1.807) is 17.5 Å². The average molecular weight is 365 g/mol.